The molecule has 0 radical (unpaired) electrons. The number of pyridine rings is 1. The molecule has 4 nitrogen and oxygen atoms in total. The number of amides is 1. The summed E-state index contributed by atoms with van der Waals surface area (Å²) < 4.78 is 6.97. The molecule has 1 amide bonds. The lowest BCUT2D eigenvalue weighted by Crippen LogP contribution is -2.36. The molecule has 108 valence electrons. The Morgan fingerprint density at radius 2 is 2.05 bits per heavy atom. The summed E-state index contributed by atoms with van der Waals surface area (Å²) in [5.41, 5.74) is 1.82. The highest BCUT2D eigenvalue weighted by Crippen LogP contribution is 2.31. The Hall–Kier alpha value is -1.88. The van der Waals surface area contributed by atoms with Gasteiger partial charge in [-0.2, -0.15) is 0 Å². The zero-order valence-electron chi connectivity index (χ0n) is 11.7. The van der Waals surface area contributed by atoms with E-state index >= 15 is 0 Å². The standard InChI is InChI=1S/C16H15BrN2O2/c1-2-19-10-13-14(9-16(19)20)18-8-7-15(13)21-12-5-3-11(17)4-6-12/h3-8H,2,9-10H2,1H3. The maximum atomic E-state index is 11.9. The first-order valence-electron chi connectivity index (χ1n) is 6.85. The van der Waals surface area contributed by atoms with Crippen molar-refractivity contribution in [2.75, 3.05) is 6.54 Å². The molecule has 0 unspecified atom stereocenters. The first-order chi connectivity index (χ1) is 10.2. The Labute approximate surface area is 131 Å². The number of aromatic nitrogens is 1. The molecule has 2 aromatic rings. The molecular formula is C16H15BrN2O2. The molecule has 1 aliphatic heterocycles. The van der Waals surface area contributed by atoms with Crippen LogP contribution in [0.5, 0.6) is 11.5 Å². The molecule has 1 aromatic heterocycles. The van der Waals surface area contributed by atoms with Gasteiger partial charge in [0.25, 0.3) is 0 Å². The number of fused-ring (bicyclic) bond motifs is 1. The van der Waals surface area contributed by atoms with Crippen LogP contribution in [0.4, 0.5) is 0 Å². The van der Waals surface area contributed by atoms with Crippen LogP contribution in [0.15, 0.2) is 41.0 Å². The third kappa shape index (κ3) is 2.93. The highest BCUT2D eigenvalue weighted by molar-refractivity contribution is 9.10. The zero-order valence-corrected chi connectivity index (χ0v) is 13.3. The monoisotopic (exact) mass is 346 g/mol. The fraction of sp³-hybridized carbons (Fsp3) is 0.250. The van der Waals surface area contributed by atoms with E-state index in [4.69, 9.17) is 4.74 Å². The van der Waals surface area contributed by atoms with Gasteiger partial charge in [-0.15, -0.1) is 0 Å². The number of hydrogen-bond acceptors (Lipinski definition) is 3. The van der Waals surface area contributed by atoms with Crippen LogP contribution in [0.3, 0.4) is 0 Å². The molecule has 0 bridgehead atoms. The van der Waals surface area contributed by atoms with Gasteiger partial charge in [0.05, 0.1) is 18.7 Å². The van der Waals surface area contributed by atoms with Crippen LogP contribution in [-0.4, -0.2) is 22.3 Å². The number of rotatable bonds is 3. The van der Waals surface area contributed by atoms with Crippen molar-refractivity contribution in [1.29, 1.82) is 0 Å². The second kappa shape index (κ2) is 5.85. The van der Waals surface area contributed by atoms with Gasteiger partial charge in [-0.3, -0.25) is 9.78 Å². The van der Waals surface area contributed by atoms with Crippen LogP contribution in [0.2, 0.25) is 0 Å². The van der Waals surface area contributed by atoms with Crippen molar-refractivity contribution in [2.45, 2.75) is 19.9 Å². The Morgan fingerprint density at radius 1 is 1.29 bits per heavy atom. The molecule has 1 aliphatic rings. The molecule has 0 N–H and O–H groups in total. The quantitative estimate of drug-likeness (QED) is 0.853. The fourth-order valence-corrected chi connectivity index (χ4v) is 2.65. The first kappa shape index (κ1) is 14.1. The SMILES string of the molecule is CCN1Cc2c(Oc3ccc(Br)cc3)ccnc2CC1=O. The third-order valence-corrected chi connectivity index (χ3v) is 4.07. The molecule has 0 saturated carbocycles. The fourth-order valence-electron chi connectivity index (χ4n) is 2.38. The molecule has 1 aromatic carbocycles. The Balaban J connectivity index is 1.92. The summed E-state index contributed by atoms with van der Waals surface area (Å²) in [4.78, 5) is 18.1. The highest BCUT2D eigenvalue weighted by Gasteiger charge is 2.25. The van der Waals surface area contributed by atoms with Crippen LogP contribution < -0.4 is 4.74 Å². The molecule has 0 atom stereocenters. The summed E-state index contributed by atoms with van der Waals surface area (Å²) in [7, 11) is 0. The van der Waals surface area contributed by atoms with E-state index in [1.54, 1.807) is 6.20 Å². The van der Waals surface area contributed by atoms with Crippen LogP contribution in [0, 0.1) is 0 Å². The minimum Gasteiger partial charge on any atom is -0.457 e. The van der Waals surface area contributed by atoms with Gasteiger partial charge in [0.2, 0.25) is 5.91 Å². The Morgan fingerprint density at radius 3 is 2.76 bits per heavy atom. The molecule has 0 spiro atoms. The van der Waals surface area contributed by atoms with E-state index in [1.807, 2.05) is 42.2 Å². The topological polar surface area (TPSA) is 42.4 Å². The third-order valence-electron chi connectivity index (χ3n) is 3.55. The normalized spacial score (nSPS) is 14.0. The molecule has 0 fully saturated rings. The van der Waals surface area contributed by atoms with Crippen molar-refractivity contribution in [1.82, 2.24) is 9.88 Å². The molecule has 5 heteroatoms. The van der Waals surface area contributed by atoms with Gasteiger partial charge in [0, 0.05) is 22.8 Å². The molecule has 2 heterocycles. The van der Waals surface area contributed by atoms with E-state index < -0.39 is 0 Å². The number of carbonyl (C=O) groups excluding carboxylic acids is 1. The number of hydrogen-bond donors (Lipinski definition) is 0. The van der Waals surface area contributed by atoms with Gasteiger partial charge in [0.15, 0.2) is 0 Å². The Kier molecular flexibility index (Phi) is 3.92. The molecular weight excluding hydrogens is 332 g/mol. The second-order valence-electron chi connectivity index (χ2n) is 4.88. The van der Waals surface area contributed by atoms with Crippen molar-refractivity contribution in [3.8, 4) is 11.5 Å². The Bertz CT molecular complexity index is 670. The first-order valence-corrected chi connectivity index (χ1v) is 7.64. The predicted molar refractivity (Wildman–Crippen MR) is 83.2 cm³/mol. The number of halogens is 1. The van der Waals surface area contributed by atoms with Gasteiger partial charge in [-0.05, 0) is 37.3 Å². The summed E-state index contributed by atoms with van der Waals surface area (Å²) in [5, 5.41) is 0. The lowest BCUT2D eigenvalue weighted by molar-refractivity contribution is -0.131. The van der Waals surface area contributed by atoms with Crippen LogP contribution >= 0.6 is 15.9 Å². The predicted octanol–water partition coefficient (Wildman–Crippen LogP) is 3.54. The highest BCUT2D eigenvalue weighted by atomic mass is 79.9. The van der Waals surface area contributed by atoms with Crippen LogP contribution in [0.25, 0.3) is 0 Å². The largest absolute Gasteiger partial charge is 0.457 e. The van der Waals surface area contributed by atoms with E-state index in [-0.39, 0.29) is 5.91 Å². The number of ether oxygens (including phenoxy) is 1. The summed E-state index contributed by atoms with van der Waals surface area (Å²) in [6, 6.07) is 9.53. The summed E-state index contributed by atoms with van der Waals surface area (Å²) in [6.45, 7) is 3.24. The number of likely N-dealkylation sites (N-methyl/N-ethyl adjacent to an activating group) is 1. The van der Waals surface area contributed by atoms with Gasteiger partial charge in [-0.1, -0.05) is 15.9 Å². The lowest BCUT2D eigenvalue weighted by atomic mass is 10.0. The van der Waals surface area contributed by atoms with Gasteiger partial charge in [-0.25, -0.2) is 0 Å². The van der Waals surface area contributed by atoms with Crippen LogP contribution in [-0.2, 0) is 17.8 Å². The van der Waals surface area contributed by atoms with Crippen LogP contribution in [0.1, 0.15) is 18.2 Å². The smallest absolute Gasteiger partial charge is 0.228 e. The van der Waals surface area contributed by atoms with Crippen molar-refractivity contribution >= 4 is 21.8 Å². The van der Waals surface area contributed by atoms with Gasteiger partial charge >= 0.3 is 0 Å². The van der Waals surface area contributed by atoms with E-state index in [0.717, 1.165) is 27.2 Å². The molecule has 21 heavy (non-hydrogen) atoms. The maximum Gasteiger partial charge on any atom is 0.228 e. The van der Waals surface area contributed by atoms with E-state index in [1.165, 1.54) is 0 Å². The number of carbonyl (C=O) groups is 1. The summed E-state index contributed by atoms with van der Waals surface area (Å²) >= 11 is 3.41. The minimum absolute atomic E-state index is 0.123. The second-order valence-corrected chi connectivity index (χ2v) is 5.79. The van der Waals surface area contributed by atoms with Gasteiger partial charge in [0.1, 0.15) is 11.5 Å². The van der Waals surface area contributed by atoms with Crippen molar-refractivity contribution in [2.24, 2.45) is 0 Å². The summed E-state index contributed by atoms with van der Waals surface area (Å²) in [6.07, 6.45) is 2.04. The maximum absolute atomic E-state index is 11.9. The van der Waals surface area contributed by atoms with E-state index in [0.29, 0.717) is 19.5 Å². The molecule has 0 aliphatic carbocycles. The minimum atomic E-state index is 0.123. The molecule has 3 rings (SSSR count). The summed E-state index contributed by atoms with van der Waals surface area (Å²) in [5.74, 6) is 1.66. The molecule has 0 saturated heterocycles. The van der Waals surface area contributed by atoms with Gasteiger partial charge < -0.3 is 9.64 Å². The number of benzene rings is 1. The van der Waals surface area contributed by atoms with Crippen molar-refractivity contribution in [3.05, 3.63) is 52.3 Å². The number of nitrogens with zero attached hydrogens (tertiary/aromatic N) is 2. The van der Waals surface area contributed by atoms with Crippen molar-refractivity contribution < 1.29 is 9.53 Å². The van der Waals surface area contributed by atoms with E-state index in [9.17, 15) is 4.79 Å². The van der Waals surface area contributed by atoms with Crippen molar-refractivity contribution in [3.63, 3.8) is 0 Å². The van der Waals surface area contributed by atoms with E-state index in [2.05, 4.69) is 20.9 Å². The lowest BCUT2D eigenvalue weighted by Gasteiger charge is -2.28. The average Bonchev–Trinajstić information content (AvgIpc) is 2.49. The average molecular weight is 347 g/mol. The zero-order chi connectivity index (χ0) is 14.8.